The van der Waals surface area contributed by atoms with E-state index in [1.165, 1.54) is 5.57 Å². The van der Waals surface area contributed by atoms with Crippen molar-refractivity contribution in [2.45, 2.75) is 6.42 Å². The van der Waals surface area contributed by atoms with Crippen molar-refractivity contribution in [3.05, 3.63) is 36.2 Å². The Labute approximate surface area is 94.4 Å². The molecular weight excluding hydrogens is 200 g/mol. The summed E-state index contributed by atoms with van der Waals surface area (Å²) in [7, 11) is 2.12. The monoisotopic (exact) mass is 214 g/mol. The fourth-order valence-electron chi connectivity index (χ4n) is 1.97. The minimum atomic E-state index is 0.786. The fraction of sp³-hybridized carbons (Fsp3) is 0.308. The van der Waals surface area contributed by atoms with E-state index in [4.69, 9.17) is 4.42 Å². The van der Waals surface area contributed by atoms with Crippen molar-refractivity contribution in [2.75, 3.05) is 20.1 Å². The van der Waals surface area contributed by atoms with E-state index < -0.39 is 0 Å². The molecule has 0 amide bonds. The van der Waals surface area contributed by atoms with Crippen molar-refractivity contribution >= 4 is 16.7 Å². The van der Waals surface area contributed by atoms with Gasteiger partial charge in [0.05, 0.1) is 0 Å². The summed E-state index contributed by atoms with van der Waals surface area (Å²) in [6, 6.07) is 7.90. The van der Waals surface area contributed by atoms with Crippen molar-refractivity contribution in [3.8, 4) is 0 Å². The van der Waals surface area contributed by atoms with Gasteiger partial charge in [-0.15, -0.1) is 0 Å². The molecular formula is C13H14N2O. The van der Waals surface area contributed by atoms with Gasteiger partial charge in [0.2, 0.25) is 5.89 Å². The summed E-state index contributed by atoms with van der Waals surface area (Å²) in [5.74, 6) is 0.786. The molecule has 16 heavy (non-hydrogen) atoms. The largest absolute Gasteiger partial charge is 0.436 e. The summed E-state index contributed by atoms with van der Waals surface area (Å²) in [6.45, 7) is 2.05. The van der Waals surface area contributed by atoms with Gasteiger partial charge in [0.15, 0.2) is 5.58 Å². The highest BCUT2D eigenvalue weighted by Gasteiger charge is 2.14. The normalized spacial score (nSPS) is 17.7. The Morgan fingerprint density at radius 3 is 2.94 bits per heavy atom. The Morgan fingerprint density at radius 1 is 1.31 bits per heavy atom. The van der Waals surface area contributed by atoms with Crippen molar-refractivity contribution in [1.29, 1.82) is 0 Å². The zero-order chi connectivity index (χ0) is 11.0. The summed E-state index contributed by atoms with van der Waals surface area (Å²) < 4.78 is 5.74. The molecule has 3 rings (SSSR count). The topological polar surface area (TPSA) is 29.3 Å². The molecule has 2 heterocycles. The molecule has 1 aliphatic heterocycles. The second kappa shape index (κ2) is 3.76. The van der Waals surface area contributed by atoms with E-state index in [2.05, 4.69) is 23.0 Å². The van der Waals surface area contributed by atoms with E-state index in [1.54, 1.807) is 0 Å². The minimum absolute atomic E-state index is 0.786. The van der Waals surface area contributed by atoms with E-state index >= 15 is 0 Å². The van der Waals surface area contributed by atoms with Crippen LogP contribution in [0, 0.1) is 0 Å². The second-order valence-electron chi connectivity index (χ2n) is 4.23. The number of benzene rings is 1. The van der Waals surface area contributed by atoms with Crippen molar-refractivity contribution in [3.63, 3.8) is 0 Å². The van der Waals surface area contributed by atoms with Gasteiger partial charge in [0.25, 0.3) is 0 Å². The average Bonchev–Trinajstić information content (AvgIpc) is 2.73. The zero-order valence-corrected chi connectivity index (χ0v) is 9.31. The lowest BCUT2D eigenvalue weighted by Gasteiger charge is -2.20. The van der Waals surface area contributed by atoms with Crippen LogP contribution in [0.15, 0.2) is 34.8 Å². The number of oxazole rings is 1. The van der Waals surface area contributed by atoms with E-state index in [9.17, 15) is 0 Å². The van der Waals surface area contributed by atoms with Gasteiger partial charge in [-0.3, -0.25) is 0 Å². The third kappa shape index (κ3) is 1.63. The van der Waals surface area contributed by atoms with Crippen LogP contribution in [0.25, 0.3) is 16.7 Å². The molecule has 3 nitrogen and oxygen atoms in total. The van der Waals surface area contributed by atoms with Crippen LogP contribution >= 0.6 is 0 Å². The fourth-order valence-corrected chi connectivity index (χ4v) is 1.97. The molecule has 0 aliphatic carbocycles. The lowest BCUT2D eigenvalue weighted by molar-refractivity contribution is 0.367. The number of para-hydroxylation sites is 2. The average molecular weight is 214 g/mol. The van der Waals surface area contributed by atoms with Crippen molar-refractivity contribution in [1.82, 2.24) is 9.88 Å². The van der Waals surface area contributed by atoms with Crippen LogP contribution < -0.4 is 0 Å². The molecule has 82 valence electrons. The first-order valence-electron chi connectivity index (χ1n) is 5.56. The molecule has 0 N–H and O–H groups in total. The maximum Gasteiger partial charge on any atom is 0.222 e. The number of rotatable bonds is 1. The van der Waals surface area contributed by atoms with Gasteiger partial charge in [0.1, 0.15) is 5.52 Å². The van der Waals surface area contributed by atoms with Gasteiger partial charge < -0.3 is 9.32 Å². The molecule has 0 fully saturated rings. The van der Waals surface area contributed by atoms with Gasteiger partial charge in [0, 0.05) is 18.7 Å². The molecule has 1 aliphatic rings. The first-order valence-corrected chi connectivity index (χ1v) is 5.56. The Kier molecular flexibility index (Phi) is 2.26. The van der Waals surface area contributed by atoms with Crippen molar-refractivity contribution < 1.29 is 4.42 Å². The molecule has 2 aromatic rings. The van der Waals surface area contributed by atoms with Gasteiger partial charge in [-0.2, -0.15) is 0 Å². The Bertz CT molecular complexity index is 509. The van der Waals surface area contributed by atoms with E-state index in [1.807, 2.05) is 24.3 Å². The molecule has 0 saturated heterocycles. The lowest BCUT2D eigenvalue weighted by Crippen LogP contribution is -2.23. The number of hydrogen-bond acceptors (Lipinski definition) is 3. The Balaban J connectivity index is 2.00. The smallest absolute Gasteiger partial charge is 0.222 e. The minimum Gasteiger partial charge on any atom is -0.436 e. The molecule has 1 aromatic heterocycles. The molecule has 0 atom stereocenters. The highest BCUT2D eigenvalue weighted by Crippen LogP contribution is 2.24. The third-order valence-corrected chi connectivity index (χ3v) is 2.98. The third-order valence-electron chi connectivity index (χ3n) is 2.98. The van der Waals surface area contributed by atoms with Gasteiger partial charge in [-0.1, -0.05) is 18.2 Å². The zero-order valence-electron chi connectivity index (χ0n) is 9.31. The standard InChI is InChI=1S/C13H14N2O/c1-15-8-6-10(7-9-15)13-14-11-4-2-3-5-12(11)16-13/h2-6H,7-9H2,1H3. The molecule has 0 unspecified atom stereocenters. The summed E-state index contributed by atoms with van der Waals surface area (Å²) in [5.41, 5.74) is 3.05. The second-order valence-corrected chi connectivity index (χ2v) is 4.23. The Morgan fingerprint density at radius 2 is 2.19 bits per heavy atom. The van der Waals surface area contributed by atoms with Gasteiger partial charge in [-0.25, -0.2) is 4.98 Å². The van der Waals surface area contributed by atoms with E-state index in [-0.39, 0.29) is 0 Å². The van der Waals surface area contributed by atoms with Crippen LogP contribution in [0.5, 0.6) is 0 Å². The number of hydrogen-bond donors (Lipinski definition) is 0. The van der Waals surface area contributed by atoms with E-state index in [0.717, 1.165) is 36.5 Å². The predicted molar refractivity (Wildman–Crippen MR) is 64.1 cm³/mol. The van der Waals surface area contributed by atoms with Crippen LogP contribution in [-0.4, -0.2) is 30.0 Å². The van der Waals surface area contributed by atoms with Crippen LogP contribution in [0.1, 0.15) is 12.3 Å². The number of likely N-dealkylation sites (N-methyl/N-ethyl adjacent to an activating group) is 1. The molecule has 1 aromatic carbocycles. The first-order chi connectivity index (χ1) is 7.83. The molecule has 0 saturated carbocycles. The van der Waals surface area contributed by atoms with Crippen LogP contribution in [0.2, 0.25) is 0 Å². The quantitative estimate of drug-likeness (QED) is 0.730. The first kappa shape index (κ1) is 9.60. The maximum absolute atomic E-state index is 5.74. The van der Waals surface area contributed by atoms with Gasteiger partial charge >= 0.3 is 0 Å². The number of fused-ring (bicyclic) bond motifs is 1. The summed E-state index contributed by atoms with van der Waals surface area (Å²) in [4.78, 5) is 6.79. The van der Waals surface area contributed by atoms with E-state index in [0.29, 0.717) is 0 Å². The molecule has 0 spiro atoms. The SMILES string of the molecule is CN1CC=C(c2nc3ccccc3o2)CC1. The van der Waals surface area contributed by atoms with Gasteiger partial charge in [-0.05, 0) is 25.6 Å². The highest BCUT2D eigenvalue weighted by atomic mass is 16.3. The summed E-state index contributed by atoms with van der Waals surface area (Å²) in [6.07, 6.45) is 3.22. The molecule has 0 radical (unpaired) electrons. The number of aromatic nitrogens is 1. The summed E-state index contributed by atoms with van der Waals surface area (Å²) >= 11 is 0. The highest BCUT2D eigenvalue weighted by molar-refractivity contribution is 5.75. The molecule has 3 heteroatoms. The van der Waals surface area contributed by atoms with Crippen LogP contribution in [0.3, 0.4) is 0 Å². The summed E-state index contributed by atoms with van der Waals surface area (Å²) in [5, 5.41) is 0. The van der Waals surface area contributed by atoms with Crippen LogP contribution in [-0.2, 0) is 0 Å². The van der Waals surface area contributed by atoms with Crippen LogP contribution in [0.4, 0.5) is 0 Å². The Hall–Kier alpha value is -1.61. The van der Waals surface area contributed by atoms with Crippen molar-refractivity contribution in [2.24, 2.45) is 0 Å². The molecule has 0 bridgehead atoms. The maximum atomic E-state index is 5.74. The number of nitrogens with zero attached hydrogens (tertiary/aromatic N) is 2. The lowest BCUT2D eigenvalue weighted by atomic mass is 10.1. The predicted octanol–water partition coefficient (Wildman–Crippen LogP) is 2.55.